The Hall–Kier alpha value is -2.24. The lowest BCUT2D eigenvalue weighted by Crippen LogP contribution is -2.38. The summed E-state index contributed by atoms with van der Waals surface area (Å²) in [7, 11) is 1.97. The molecule has 5 nitrogen and oxygen atoms in total. The molecule has 1 aromatic carbocycles. The molecule has 0 amide bonds. The van der Waals surface area contributed by atoms with Gasteiger partial charge in [0.1, 0.15) is 5.69 Å². The first kappa shape index (κ1) is 33.3. The predicted molar refractivity (Wildman–Crippen MR) is 164 cm³/mol. The van der Waals surface area contributed by atoms with Gasteiger partial charge in [0.2, 0.25) is 0 Å². The summed E-state index contributed by atoms with van der Waals surface area (Å²) < 4.78 is 38.3. The van der Waals surface area contributed by atoms with Crippen molar-refractivity contribution in [3.63, 3.8) is 0 Å². The van der Waals surface area contributed by atoms with E-state index < -0.39 is 11.9 Å². The van der Waals surface area contributed by atoms with Crippen LogP contribution in [-0.4, -0.2) is 54.6 Å². The Morgan fingerprint density at radius 3 is 2.59 bits per heavy atom. The molecule has 0 radical (unpaired) electrons. The first-order valence-electron chi connectivity index (χ1n) is 14.1. The average molecular weight is 607 g/mol. The predicted octanol–water partition coefficient (Wildman–Crippen LogP) is 7.02. The van der Waals surface area contributed by atoms with E-state index in [4.69, 9.17) is 0 Å². The van der Waals surface area contributed by atoms with Crippen LogP contribution in [0.5, 0.6) is 0 Å². The average Bonchev–Trinajstić information content (AvgIpc) is 3.33. The quantitative estimate of drug-likeness (QED) is 0.223. The second-order valence-corrected chi connectivity index (χ2v) is 12.7. The summed E-state index contributed by atoms with van der Waals surface area (Å²) in [5.41, 5.74) is 2.50. The summed E-state index contributed by atoms with van der Waals surface area (Å²) in [6, 6.07) is 13.5. The van der Waals surface area contributed by atoms with E-state index in [2.05, 4.69) is 58.6 Å². The number of thioether (sulfide) groups is 1. The molecule has 2 atom stereocenters. The maximum Gasteiger partial charge on any atom is 0.433 e. The minimum Gasteiger partial charge on any atom is -0.316 e. The van der Waals surface area contributed by atoms with Gasteiger partial charge in [-0.2, -0.15) is 13.2 Å². The Kier molecular flexibility index (Phi) is 13.3. The minimum absolute atomic E-state index is 0.0315. The van der Waals surface area contributed by atoms with Gasteiger partial charge >= 0.3 is 6.18 Å². The number of carbonyl (C=O) groups excluding carboxylic acids is 1. The number of carbonyl (C=O) groups is 1. The third-order valence-electron chi connectivity index (χ3n) is 7.02. The molecule has 3 heterocycles. The van der Waals surface area contributed by atoms with Crippen molar-refractivity contribution in [3.05, 3.63) is 80.8 Å². The number of nitrogens with one attached hydrogen (secondary N) is 2. The number of aldehydes is 1. The fraction of sp³-hybridized carbons (Fsp3) is 0.484. The zero-order valence-electron chi connectivity index (χ0n) is 24.3. The second-order valence-electron chi connectivity index (χ2n) is 10.2. The highest BCUT2D eigenvalue weighted by Crippen LogP contribution is 2.30. The minimum atomic E-state index is -4.42. The molecular formula is C31H41F3N4OS2. The standard InChI is InChI=1S/C21H26F3N3OS.C10H15NS/c1-14-10-17-11-18(13-28)29-19(17)4-3-8-27(9-7-25-14)15(2)16-5-6-20(26-12-16)21(22,23)24;1-3-12-10-6-4-9(5-7-10)8-11-2/h5-6,11-15,25H,3-4,7-10H2,1-2H3;4-7,11H,3,8H2,1-2H3. The highest BCUT2D eigenvalue weighted by molar-refractivity contribution is 7.99. The van der Waals surface area contributed by atoms with Crippen molar-refractivity contribution in [1.29, 1.82) is 0 Å². The third kappa shape index (κ3) is 10.5. The molecule has 10 heteroatoms. The molecule has 1 aliphatic heterocycles. The van der Waals surface area contributed by atoms with Gasteiger partial charge in [-0.3, -0.25) is 14.7 Å². The van der Waals surface area contributed by atoms with Crippen molar-refractivity contribution in [2.45, 2.75) is 69.7 Å². The van der Waals surface area contributed by atoms with Gasteiger partial charge in [0.25, 0.3) is 0 Å². The number of rotatable bonds is 7. The number of aryl methyl sites for hydroxylation is 1. The van der Waals surface area contributed by atoms with Gasteiger partial charge in [-0.1, -0.05) is 25.1 Å². The van der Waals surface area contributed by atoms with Crippen LogP contribution in [-0.2, 0) is 25.6 Å². The van der Waals surface area contributed by atoms with Gasteiger partial charge in [0.15, 0.2) is 6.29 Å². The van der Waals surface area contributed by atoms with Gasteiger partial charge in [-0.15, -0.1) is 23.1 Å². The molecule has 4 rings (SSSR count). The van der Waals surface area contributed by atoms with Crippen LogP contribution in [0.25, 0.3) is 0 Å². The second kappa shape index (κ2) is 16.4. The van der Waals surface area contributed by atoms with Crippen molar-refractivity contribution in [2.24, 2.45) is 0 Å². The summed E-state index contributed by atoms with van der Waals surface area (Å²) in [4.78, 5) is 20.4. The van der Waals surface area contributed by atoms with E-state index in [0.717, 1.165) is 74.0 Å². The van der Waals surface area contributed by atoms with E-state index in [1.54, 1.807) is 11.3 Å². The van der Waals surface area contributed by atoms with Crippen LogP contribution >= 0.6 is 23.1 Å². The highest BCUT2D eigenvalue weighted by Gasteiger charge is 2.32. The SMILES string of the molecule is CC1Cc2cc(C=O)sc2CCCN(C(C)c2ccc(C(F)(F)F)nc2)CCN1.CCSc1ccc(CNC)cc1. The van der Waals surface area contributed by atoms with E-state index in [1.807, 2.05) is 31.8 Å². The van der Waals surface area contributed by atoms with Crippen molar-refractivity contribution in [1.82, 2.24) is 20.5 Å². The monoisotopic (exact) mass is 606 g/mol. The molecule has 2 N–H and O–H groups in total. The number of halogens is 3. The molecule has 0 bridgehead atoms. The molecule has 2 aromatic heterocycles. The molecule has 224 valence electrons. The van der Waals surface area contributed by atoms with Crippen molar-refractivity contribution >= 4 is 29.4 Å². The summed E-state index contributed by atoms with van der Waals surface area (Å²) in [5, 5.41) is 6.65. The van der Waals surface area contributed by atoms with Crippen molar-refractivity contribution < 1.29 is 18.0 Å². The third-order valence-corrected chi connectivity index (χ3v) is 9.08. The molecule has 0 saturated carbocycles. The molecule has 0 aliphatic carbocycles. The van der Waals surface area contributed by atoms with E-state index in [0.29, 0.717) is 0 Å². The fourth-order valence-corrected chi connectivity index (χ4v) is 6.55. The van der Waals surface area contributed by atoms with E-state index in [-0.39, 0.29) is 12.1 Å². The first-order valence-corrected chi connectivity index (χ1v) is 15.9. The molecule has 1 aliphatic rings. The van der Waals surface area contributed by atoms with Gasteiger partial charge in [-0.05, 0) is 93.4 Å². The Bertz CT molecular complexity index is 1170. The first-order chi connectivity index (χ1) is 19.6. The van der Waals surface area contributed by atoms with Crippen LogP contribution < -0.4 is 10.6 Å². The largest absolute Gasteiger partial charge is 0.433 e. The van der Waals surface area contributed by atoms with Gasteiger partial charge in [0, 0.05) is 47.7 Å². The summed E-state index contributed by atoms with van der Waals surface area (Å²) >= 11 is 3.44. The van der Waals surface area contributed by atoms with E-state index >= 15 is 0 Å². The van der Waals surface area contributed by atoms with Crippen LogP contribution in [0.15, 0.2) is 53.6 Å². The smallest absolute Gasteiger partial charge is 0.316 e. The number of fused-ring (bicyclic) bond motifs is 1. The fourth-order valence-electron chi connectivity index (χ4n) is 4.84. The number of aromatic nitrogens is 1. The van der Waals surface area contributed by atoms with Gasteiger partial charge in [0.05, 0.1) is 4.88 Å². The summed E-state index contributed by atoms with van der Waals surface area (Å²) in [6.45, 7) is 9.69. The highest BCUT2D eigenvalue weighted by atomic mass is 32.2. The zero-order chi connectivity index (χ0) is 29.8. The maximum atomic E-state index is 12.8. The zero-order valence-corrected chi connectivity index (χ0v) is 25.9. The van der Waals surface area contributed by atoms with Crippen LogP contribution in [0, 0.1) is 0 Å². The molecular weight excluding hydrogens is 565 g/mol. The lowest BCUT2D eigenvalue weighted by molar-refractivity contribution is -0.141. The van der Waals surface area contributed by atoms with Crippen LogP contribution in [0.1, 0.15) is 70.2 Å². The molecule has 2 unspecified atom stereocenters. The Morgan fingerprint density at radius 2 is 1.98 bits per heavy atom. The summed E-state index contributed by atoms with van der Waals surface area (Å²) in [6.07, 6.45) is 0.539. The maximum absolute atomic E-state index is 12.8. The van der Waals surface area contributed by atoms with Crippen LogP contribution in [0.4, 0.5) is 13.2 Å². The van der Waals surface area contributed by atoms with Crippen molar-refractivity contribution in [3.8, 4) is 0 Å². The number of hydrogen-bond donors (Lipinski definition) is 2. The Balaban J connectivity index is 0.000000322. The Morgan fingerprint density at radius 1 is 1.22 bits per heavy atom. The van der Waals surface area contributed by atoms with Gasteiger partial charge < -0.3 is 10.6 Å². The Labute approximate surface area is 250 Å². The van der Waals surface area contributed by atoms with Crippen LogP contribution in [0.3, 0.4) is 0 Å². The van der Waals surface area contributed by atoms with Crippen LogP contribution in [0.2, 0.25) is 0 Å². The van der Waals surface area contributed by atoms with Crippen molar-refractivity contribution in [2.75, 3.05) is 32.4 Å². The van der Waals surface area contributed by atoms with E-state index in [1.165, 1.54) is 33.2 Å². The summed E-state index contributed by atoms with van der Waals surface area (Å²) in [5.74, 6) is 1.14. The number of alkyl halides is 3. The molecule has 3 aromatic rings. The topological polar surface area (TPSA) is 57.3 Å². The normalized spacial score (nSPS) is 17.5. The molecule has 0 saturated heterocycles. The number of pyridine rings is 1. The number of nitrogens with zero attached hydrogens (tertiary/aromatic N) is 2. The molecule has 0 fully saturated rings. The lowest BCUT2D eigenvalue weighted by Gasteiger charge is -2.30. The molecule has 41 heavy (non-hydrogen) atoms. The number of thiophene rings is 1. The van der Waals surface area contributed by atoms with Gasteiger partial charge in [-0.25, -0.2) is 0 Å². The number of hydrogen-bond acceptors (Lipinski definition) is 7. The molecule has 0 spiro atoms. The number of benzene rings is 1. The lowest BCUT2D eigenvalue weighted by atomic mass is 10.1. The van der Waals surface area contributed by atoms with E-state index in [9.17, 15) is 18.0 Å².